The van der Waals surface area contributed by atoms with Crippen LogP contribution in [0.4, 0.5) is 5.69 Å². The van der Waals surface area contributed by atoms with Crippen LogP contribution >= 0.6 is 11.3 Å². The molecular weight excluding hydrogens is 364 g/mol. The third-order valence-electron chi connectivity index (χ3n) is 4.90. The maximum absolute atomic E-state index is 12.8. The zero-order chi connectivity index (χ0) is 20.2. The highest BCUT2D eigenvalue weighted by molar-refractivity contribution is 7.14. The quantitative estimate of drug-likeness (QED) is 0.298. The number of amides is 1. The second-order valence-corrected chi connectivity index (χ2v) is 8.90. The SMILES string of the molecule is CCC(=O)N(c1cc(C(C)(C)C)sc1C(=O)OC)C1CCC(N=[N+]=[N-])CC1. The van der Waals surface area contributed by atoms with E-state index in [0.717, 1.165) is 30.6 Å². The normalized spacial score (nSPS) is 19.9. The van der Waals surface area contributed by atoms with Crippen LogP contribution in [0.15, 0.2) is 11.2 Å². The van der Waals surface area contributed by atoms with Crippen LogP contribution in [0.2, 0.25) is 0 Å². The Morgan fingerprint density at radius 2 is 1.96 bits per heavy atom. The Morgan fingerprint density at radius 3 is 2.44 bits per heavy atom. The monoisotopic (exact) mass is 392 g/mol. The first-order valence-corrected chi connectivity index (χ1v) is 10.1. The van der Waals surface area contributed by atoms with Gasteiger partial charge in [-0.15, -0.1) is 11.3 Å². The first kappa shape index (κ1) is 21.3. The number of ether oxygens (including phenoxy) is 1. The predicted octanol–water partition coefficient (Wildman–Crippen LogP) is 5.20. The van der Waals surface area contributed by atoms with E-state index in [9.17, 15) is 9.59 Å². The summed E-state index contributed by atoms with van der Waals surface area (Å²) < 4.78 is 4.98. The minimum Gasteiger partial charge on any atom is -0.465 e. The fourth-order valence-corrected chi connectivity index (χ4v) is 4.50. The van der Waals surface area contributed by atoms with Gasteiger partial charge in [-0.05, 0) is 42.7 Å². The van der Waals surface area contributed by atoms with Crippen LogP contribution < -0.4 is 4.90 Å². The largest absolute Gasteiger partial charge is 0.465 e. The van der Waals surface area contributed by atoms with Gasteiger partial charge in [0.1, 0.15) is 4.88 Å². The number of rotatable bonds is 5. The number of anilines is 1. The highest BCUT2D eigenvalue weighted by atomic mass is 32.1. The molecule has 148 valence electrons. The van der Waals surface area contributed by atoms with Crippen molar-refractivity contribution in [3.05, 3.63) is 26.3 Å². The van der Waals surface area contributed by atoms with Crippen LogP contribution in [0.1, 0.15) is 74.3 Å². The number of esters is 1. The fourth-order valence-electron chi connectivity index (χ4n) is 3.38. The maximum atomic E-state index is 12.8. The lowest BCUT2D eigenvalue weighted by molar-refractivity contribution is -0.118. The van der Waals surface area contributed by atoms with Crippen molar-refractivity contribution in [2.75, 3.05) is 12.0 Å². The van der Waals surface area contributed by atoms with Crippen molar-refractivity contribution in [1.82, 2.24) is 0 Å². The van der Waals surface area contributed by atoms with Crippen molar-refractivity contribution in [1.29, 1.82) is 0 Å². The van der Waals surface area contributed by atoms with E-state index < -0.39 is 5.97 Å². The molecule has 0 saturated heterocycles. The molecule has 1 saturated carbocycles. The van der Waals surface area contributed by atoms with Crippen molar-refractivity contribution in [2.45, 2.75) is 77.3 Å². The average molecular weight is 393 g/mol. The van der Waals surface area contributed by atoms with Crippen LogP contribution in [-0.4, -0.2) is 31.1 Å². The van der Waals surface area contributed by atoms with Gasteiger partial charge in [0.25, 0.3) is 0 Å². The molecule has 1 fully saturated rings. The van der Waals surface area contributed by atoms with Gasteiger partial charge in [0, 0.05) is 28.3 Å². The molecule has 0 aromatic carbocycles. The lowest BCUT2D eigenvalue weighted by atomic mass is 9.89. The number of methoxy groups -OCH3 is 1. The molecule has 0 bridgehead atoms. The molecule has 0 atom stereocenters. The van der Waals surface area contributed by atoms with Crippen molar-refractivity contribution in [3.63, 3.8) is 0 Å². The molecule has 1 aliphatic carbocycles. The highest BCUT2D eigenvalue weighted by Gasteiger charge is 2.34. The van der Waals surface area contributed by atoms with E-state index in [4.69, 9.17) is 10.3 Å². The average Bonchev–Trinajstić information content (AvgIpc) is 3.08. The standard InChI is InChI=1S/C19H28N4O3S/c1-6-16(24)23(13-9-7-12(8-10-13)21-22-20)14-11-15(19(2,3)4)27-17(14)18(25)26-5/h11-13H,6-10H2,1-5H3. The number of azide groups is 1. The summed E-state index contributed by atoms with van der Waals surface area (Å²) in [5.41, 5.74) is 9.16. The number of carbonyl (C=O) groups excluding carboxylic acids is 2. The van der Waals surface area contributed by atoms with E-state index in [1.807, 2.05) is 13.0 Å². The molecule has 0 spiro atoms. The van der Waals surface area contributed by atoms with E-state index in [1.165, 1.54) is 18.4 Å². The van der Waals surface area contributed by atoms with Gasteiger partial charge >= 0.3 is 5.97 Å². The summed E-state index contributed by atoms with van der Waals surface area (Å²) in [4.78, 5) is 31.4. The van der Waals surface area contributed by atoms with Crippen molar-refractivity contribution in [3.8, 4) is 0 Å². The van der Waals surface area contributed by atoms with E-state index in [-0.39, 0.29) is 23.4 Å². The number of thiophene rings is 1. The molecule has 8 heteroatoms. The minimum absolute atomic E-state index is 0.00610. The molecular formula is C19H28N4O3S. The number of nitrogens with zero attached hydrogens (tertiary/aromatic N) is 4. The molecule has 27 heavy (non-hydrogen) atoms. The fraction of sp³-hybridized carbons (Fsp3) is 0.684. The lowest BCUT2D eigenvalue weighted by Crippen LogP contribution is -2.43. The predicted molar refractivity (Wildman–Crippen MR) is 107 cm³/mol. The number of hydrogen-bond acceptors (Lipinski definition) is 5. The smallest absolute Gasteiger partial charge is 0.350 e. The Bertz CT molecular complexity index is 739. The molecule has 1 aromatic rings. The van der Waals surface area contributed by atoms with Crippen LogP contribution in [0.3, 0.4) is 0 Å². The molecule has 7 nitrogen and oxygen atoms in total. The zero-order valence-electron chi connectivity index (χ0n) is 16.7. The van der Waals surface area contributed by atoms with Crippen LogP contribution in [0.25, 0.3) is 10.4 Å². The summed E-state index contributed by atoms with van der Waals surface area (Å²) in [6.07, 6.45) is 3.34. The van der Waals surface area contributed by atoms with Gasteiger partial charge in [0.15, 0.2) is 0 Å². The summed E-state index contributed by atoms with van der Waals surface area (Å²) in [6.45, 7) is 8.08. The van der Waals surface area contributed by atoms with Gasteiger partial charge in [0.2, 0.25) is 5.91 Å². The second kappa shape index (κ2) is 8.76. The lowest BCUT2D eigenvalue weighted by Gasteiger charge is -2.36. The summed E-state index contributed by atoms with van der Waals surface area (Å²) in [5.74, 6) is -0.423. The van der Waals surface area contributed by atoms with Crippen molar-refractivity contribution >= 4 is 28.9 Å². The first-order valence-electron chi connectivity index (χ1n) is 9.31. The minimum atomic E-state index is -0.415. The zero-order valence-corrected chi connectivity index (χ0v) is 17.5. The second-order valence-electron chi connectivity index (χ2n) is 7.85. The van der Waals surface area contributed by atoms with Gasteiger partial charge in [-0.2, -0.15) is 0 Å². The van der Waals surface area contributed by atoms with E-state index in [0.29, 0.717) is 17.0 Å². The molecule has 1 heterocycles. The molecule has 1 amide bonds. The number of hydrogen-bond donors (Lipinski definition) is 0. The maximum Gasteiger partial charge on any atom is 0.350 e. The number of carbonyl (C=O) groups is 2. The van der Waals surface area contributed by atoms with Gasteiger partial charge in [-0.25, -0.2) is 4.79 Å². The molecule has 1 aromatic heterocycles. The van der Waals surface area contributed by atoms with E-state index >= 15 is 0 Å². The summed E-state index contributed by atoms with van der Waals surface area (Å²) in [6, 6.07) is 1.94. The summed E-state index contributed by atoms with van der Waals surface area (Å²) in [5, 5.41) is 3.82. The molecule has 0 N–H and O–H groups in total. The van der Waals surface area contributed by atoms with Gasteiger partial charge in [-0.3, -0.25) is 4.79 Å². The van der Waals surface area contributed by atoms with E-state index in [2.05, 4.69) is 30.8 Å². The summed E-state index contributed by atoms with van der Waals surface area (Å²) >= 11 is 1.39. The Kier molecular flexibility index (Phi) is 6.89. The third kappa shape index (κ3) is 4.82. The molecule has 0 aliphatic heterocycles. The van der Waals surface area contributed by atoms with Crippen molar-refractivity contribution < 1.29 is 14.3 Å². The van der Waals surface area contributed by atoms with Gasteiger partial charge in [0.05, 0.1) is 12.8 Å². The Labute approximate surface area is 164 Å². The van der Waals surface area contributed by atoms with Crippen LogP contribution in [-0.2, 0) is 14.9 Å². The van der Waals surface area contributed by atoms with Crippen molar-refractivity contribution in [2.24, 2.45) is 5.11 Å². The Morgan fingerprint density at radius 1 is 1.33 bits per heavy atom. The Hall–Kier alpha value is -2.05. The molecule has 0 radical (unpaired) electrons. The van der Waals surface area contributed by atoms with Gasteiger partial charge in [-0.1, -0.05) is 32.8 Å². The third-order valence-corrected chi connectivity index (χ3v) is 6.43. The van der Waals surface area contributed by atoms with Gasteiger partial charge < -0.3 is 9.64 Å². The van der Waals surface area contributed by atoms with E-state index in [1.54, 1.807) is 4.90 Å². The highest BCUT2D eigenvalue weighted by Crippen LogP contribution is 2.40. The van der Waals surface area contributed by atoms with Crippen LogP contribution in [0, 0.1) is 0 Å². The Balaban J connectivity index is 2.45. The molecule has 2 rings (SSSR count). The summed E-state index contributed by atoms with van der Waals surface area (Å²) in [7, 11) is 1.36. The molecule has 1 aliphatic rings. The molecule has 0 unspecified atom stereocenters. The topological polar surface area (TPSA) is 95.4 Å². The first-order chi connectivity index (χ1) is 12.7. The van der Waals surface area contributed by atoms with Crippen LogP contribution in [0.5, 0.6) is 0 Å².